The summed E-state index contributed by atoms with van der Waals surface area (Å²) in [5.41, 5.74) is 1.11. The summed E-state index contributed by atoms with van der Waals surface area (Å²) in [5, 5.41) is 9.09. The third-order valence-corrected chi connectivity index (χ3v) is 4.68. The lowest BCUT2D eigenvalue weighted by Crippen LogP contribution is -2.46. The van der Waals surface area contributed by atoms with Gasteiger partial charge in [-0.2, -0.15) is 0 Å². The van der Waals surface area contributed by atoms with Gasteiger partial charge in [0.1, 0.15) is 12.4 Å². The topological polar surface area (TPSA) is 53.0 Å². The second-order valence-electron chi connectivity index (χ2n) is 6.40. The van der Waals surface area contributed by atoms with Crippen molar-refractivity contribution < 1.29 is 14.6 Å². The SMILES string of the molecule is CCN(CCOc1ccccc1C)C(=O)C1CCCN(CCO)C1. The molecular formula is C19H30N2O3. The van der Waals surface area contributed by atoms with Gasteiger partial charge in [-0.1, -0.05) is 18.2 Å². The van der Waals surface area contributed by atoms with Crippen molar-refractivity contribution in [3.63, 3.8) is 0 Å². The molecule has 0 bridgehead atoms. The number of piperidine rings is 1. The normalized spacial score (nSPS) is 18.4. The molecule has 24 heavy (non-hydrogen) atoms. The molecule has 0 spiro atoms. The summed E-state index contributed by atoms with van der Waals surface area (Å²) < 4.78 is 5.83. The van der Waals surface area contributed by atoms with E-state index in [0.29, 0.717) is 26.2 Å². The number of β-amino-alcohol motifs (C(OH)–C–C–N with tert-alkyl or cyclic N) is 1. The number of likely N-dealkylation sites (tertiary alicyclic amines) is 1. The van der Waals surface area contributed by atoms with E-state index in [2.05, 4.69) is 4.90 Å². The van der Waals surface area contributed by atoms with Crippen molar-refractivity contribution in [3.05, 3.63) is 29.8 Å². The number of rotatable bonds is 8. The number of likely N-dealkylation sites (N-methyl/N-ethyl adjacent to an activating group) is 1. The number of ether oxygens (including phenoxy) is 1. The first-order valence-electron chi connectivity index (χ1n) is 8.96. The summed E-state index contributed by atoms with van der Waals surface area (Å²) in [6.45, 7) is 8.41. The minimum atomic E-state index is 0.0451. The van der Waals surface area contributed by atoms with Crippen LogP contribution >= 0.6 is 0 Å². The second kappa shape index (κ2) is 9.64. The molecule has 134 valence electrons. The lowest BCUT2D eigenvalue weighted by atomic mass is 9.96. The van der Waals surface area contributed by atoms with Gasteiger partial charge in [0.2, 0.25) is 5.91 Å². The number of aryl methyl sites for hydroxylation is 1. The third kappa shape index (κ3) is 5.21. The largest absolute Gasteiger partial charge is 0.491 e. The van der Waals surface area contributed by atoms with Crippen LogP contribution in [0.4, 0.5) is 0 Å². The number of hydrogen-bond acceptors (Lipinski definition) is 4. The highest BCUT2D eigenvalue weighted by Gasteiger charge is 2.28. The van der Waals surface area contributed by atoms with Crippen LogP contribution in [0.25, 0.3) is 0 Å². The van der Waals surface area contributed by atoms with Gasteiger partial charge in [0.15, 0.2) is 0 Å². The molecule has 1 heterocycles. The Labute approximate surface area is 145 Å². The van der Waals surface area contributed by atoms with Crippen molar-refractivity contribution in [2.45, 2.75) is 26.7 Å². The molecule has 1 aromatic carbocycles. The molecule has 1 aliphatic rings. The first-order chi connectivity index (χ1) is 11.7. The molecule has 1 aliphatic heterocycles. The van der Waals surface area contributed by atoms with Crippen LogP contribution in [0.2, 0.25) is 0 Å². The Morgan fingerprint density at radius 3 is 2.92 bits per heavy atom. The molecule has 0 aliphatic carbocycles. The lowest BCUT2D eigenvalue weighted by molar-refractivity contribution is -0.137. The maximum Gasteiger partial charge on any atom is 0.227 e. The summed E-state index contributed by atoms with van der Waals surface area (Å²) >= 11 is 0. The molecule has 1 atom stereocenters. The van der Waals surface area contributed by atoms with Gasteiger partial charge in [0.25, 0.3) is 0 Å². The summed E-state index contributed by atoms with van der Waals surface area (Å²) in [4.78, 5) is 16.8. The van der Waals surface area contributed by atoms with Crippen molar-refractivity contribution in [3.8, 4) is 5.75 Å². The van der Waals surface area contributed by atoms with E-state index in [4.69, 9.17) is 9.84 Å². The van der Waals surface area contributed by atoms with Gasteiger partial charge in [-0.3, -0.25) is 4.79 Å². The Morgan fingerprint density at radius 2 is 2.21 bits per heavy atom. The number of aliphatic hydroxyl groups excluding tert-OH is 1. The van der Waals surface area contributed by atoms with Crippen molar-refractivity contribution in [2.24, 2.45) is 5.92 Å². The molecule has 0 saturated carbocycles. The fourth-order valence-corrected chi connectivity index (χ4v) is 3.27. The molecule has 0 aromatic heterocycles. The highest BCUT2D eigenvalue weighted by molar-refractivity contribution is 5.79. The fraction of sp³-hybridized carbons (Fsp3) is 0.632. The minimum absolute atomic E-state index is 0.0451. The Balaban J connectivity index is 1.83. The zero-order valence-electron chi connectivity index (χ0n) is 14.9. The minimum Gasteiger partial charge on any atom is -0.491 e. The van der Waals surface area contributed by atoms with E-state index in [-0.39, 0.29) is 18.4 Å². The van der Waals surface area contributed by atoms with Gasteiger partial charge in [-0.15, -0.1) is 0 Å². The van der Waals surface area contributed by atoms with Crippen molar-refractivity contribution in [1.29, 1.82) is 0 Å². The number of para-hydroxylation sites is 1. The number of carbonyl (C=O) groups is 1. The summed E-state index contributed by atoms with van der Waals surface area (Å²) in [6, 6.07) is 7.94. The standard InChI is InChI=1S/C19H30N2O3/c1-3-21(12-14-24-18-9-5-4-7-16(18)2)19(23)17-8-6-10-20(15-17)11-13-22/h4-5,7,9,17,22H,3,6,8,10-15H2,1-2H3. The van der Waals surface area contributed by atoms with E-state index in [1.165, 1.54) is 0 Å². The van der Waals surface area contributed by atoms with Crippen LogP contribution in [0.15, 0.2) is 24.3 Å². The van der Waals surface area contributed by atoms with Crippen LogP contribution in [-0.2, 0) is 4.79 Å². The van der Waals surface area contributed by atoms with Crippen LogP contribution in [0.3, 0.4) is 0 Å². The first-order valence-corrected chi connectivity index (χ1v) is 8.96. The predicted molar refractivity (Wildman–Crippen MR) is 95.2 cm³/mol. The van der Waals surface area contributed by atoms with E-state index >= 15 is 0 Å². The Kier molecular flexibility index (Phi) is 7.53. The van der Waals surface area contributed by atoms with Crippen molar-refractivity contribution in [2.75, 3.05) is 45.9 Å². The van der Waals surface area contributed by atoms with E-state index < -0.39 is 0 Å². The molecule has 1 saturated heterocycles. The summed E-state index contributed by atoms with van der Waals surface area (Å²) in [5.74, 6) is 1.14. The molecule has 5 heteroatoms. The number of benzene rings is 1. The molecule has 1 fully saturated rings. The Bertz CT molecular complexity index is 519. The third-order valence-electron chi connectivity index (χ3n) is 4.68. The molecule has 5 nitrogen and oxygen atoms in total. The van der Waals surface area contributed by atoms with Crippen LogP contribution in [0, 0.1) is 12.8 Å². The van der Waals surface area contributed by atoms with Gasteiger partial charge in [-0.05, 0) is 44.9 Å². The fourth-order valence-electron chi connectivity index (χ4n) is 3.27. The average molecular weight is 334 g/mol. The highest BCUT2D eigenvalue weighted by atomic mass is 16.5. The number of nitrogens with zero attached hydrogens (tertiary/aromatic N) is 2. The number of hydrogen-bond donors (Lipinski definition) is 1. The van der Waals surface area contributed by atoms with Gasteiger partial charge in [0.05, 0.1) is 19.1 Å². The smallest absolute Gasteiger partial charge is 0.227 e. The van der Waals surface area contributed by atoms with Crippen LogP contribution in [0.1, 0.15) is 25.3 Å². The average Bonchev–Trinajstić information content (AvgIpc) is 2.60. The van der Waals surface area contributed by atoms with E-state index in [9.17, 15) is 4.79 Å². The van der Waals surface area contributed by atoms with Crippen LogP contribution in [-0.4, -0.2) is 66.8 Å². The number of aliphatic hydroxyl groups is 1. The van der Waals surface area contributed by atoms with Gasteiger partial charge >= 0.3 is 0 Å². The van der Waals surface area contributed by atoms with Crippen molar-refractivity contribution in [1.82, 2.24) is 9.80 Å². The molecule has 2 rings (SSSR count). The monoisotopic (exact) mass is 334 g/mol. The van der Waals surface area contributed by atoms with E-state index in [1.54, 1.807) is 0 Å². The molecule has 1 aromatic rings. The Hall–Kier alpha value is -1.59. The molecule has 1 unspecified atom stereocenters. The van der Waals surface area contributed by atoms with Gasteiger partial charge in [-0.25, -0.2) is 0 Å². The summed E-state index contributed by atoms with van der Waals surface area (Å²) in [6.07, 6.45) is 1.96. The van der Waals surface area contributed by atoms with Crippen molar-refractivity contribution >= 4 is 5.91 Å². The predicted octanol–water partition coefficient (Wildman–Crippen LogP) is 1.93. The molecular weight excluding hydrogens is 304 g/mol. The Morgan fingerprint density at radius 1 is 1.42 bits per heavy atom. The second-order valence-corrected chi connectivity index (χ2v) is 6.40. The molecule has 1 N–H and O–H groups in total. The molecule has 1 amide bonds. The van der Waals surface area contributed by atoms with Gasteiger partial charge < -0.3 is 19.6 Å². The maximum atomic E-state index is 12.8. The van der Waals surface area contributed by atoms with E-state index in [0.717, 1.165) is 37.2 Å². The lowest BCUT2D eigenvalue weighted by Gasteiger charge is -2.34. The molecule has 0 radical (unpaired) electrons. The first kappa shape index (κ1) is 18.7. The van der Waals surface area contributed by atoms with Crippen LogP contribution < -0.4 is 4.74 Å². The highest BCUT2D eigenvalue weighted by Crippen LogP contribution is 2.19. The summed E-state index contributed by atoms with van der Waals surface area (Å²) in [7, 11) is 0. The zero-order chi connectivity index (χ0) is 17.4. The quantitative estimate of drug-likeness (QED) is 0.789. The number of amides is 1. The van der Waals surface area contributed by atoms with E-state index in [1.807, 2.05) is 43.0 Å². The maximum absolute atomic E-state index is 12.8. The zero-order valence-corrected chi connectivity index (χ0v) is 14.9. The van der Waals surface area contributed by atoms with Gasteiger partial charge in [0, 0.05) is 19.6 Å². The number of carbonyl (C=O) groups excluding carboxylic acids is 1. The van der Waals surface area contributed by atoms with Crippen LogP contribution in [0.5, 0.6) is 5.75 Å².